The third-order valence-corrected chi connectivity index (χ3v) is 2.75. The Kier molecular flexibility index (Phi) is 4.18. The van der Waals surface area contributed by atoms with Crippen molar-refractivity contribution in [2.75, 3.05) is 0 Å². The van der Waals surface area contributed by atoms with Crippen LogP contribution < -0.4 is 0 Å². The largest absolute Gasteiger partial charge is 0.623 e. The van der Waals surface area contributed by atoms with Gasteiger partial charge in [0.15, 0.2) is 11.8 Å². The molecule has 80 valence electrons. The first-order chi connectivity index (χ1) is 6.61. The van der Waals surface area contributed by atoms with Gasteiger partial charge in [-0.3, -0.25) is 0 Å². The van der Waals surface area contributed by atoms with E-state index in [0.29, 0.717) is 0 Å². The molecule has 0 radical (unpaired) electrons. The van der Waals surface area contributed by atoms with Crippen LogP contribution in [0.25, 0.3) is 0 Å². The highest BCUT2D eigenvalue weighted by Crippen LogP contribution is 2.20. The molecule has 0 N–H and O–H groups in total. The quantitative estimate of drug-likeness (QED) is 0.287. The number of hydrogen-bond donors (Lipinski definition) is 0. The Labute approximate surface area is 86.9 Å². The van der Waals surface area contributed by atoms with E-state index in [1.165, 1.54) is 29.6 Å². The summed E-state index contributed by atoms with van der Waals surface area (Å²) in [6, 6.07) is 0.236. The second kappa shape index (κ2) is 5.18. The Balaban J connectivity index is 2.69. The molecule has 1 aliphatic carbocycles. The molecule has 0 aromatic heterocycles. The van der Waals surface area contributed by atoms with Crippen LogP contribution in [0.2, 0.25) is 0 Å². The van der Waals surface area contributed by atoms with Gasteiger partial charge in [0.25, 0.3) is 0 Å². The van der Waals surface area contributed by atoms with E-state index >= 15 is 0 Å². The summed E-state index contributed by atoms with van der Waals surface area (Å²) in [6.07, 6.45) is 7.83. The average Bonchev–Trinajstić information content (AvgIpc) is 2.17. The molecule has 0 amide bonds. The number of allylic oxidation sites excluding steroid dienone is 2. The van der Waals surface area contributed by atoms with Gasteiger partial charge in [-0.25, -0.2) is 4.74 Å². The van der Waals surface area contributed by atoms with Crippen molar-refractivity contribution < 1.29 is 4.74 Å². The summed E-state index contributed by atoms with van der Waals surface area (Å²) in [5, 5.41) is 11.9. The Hall–Kier alpha value is -0.790. The molecule has 1 rings (SSSR count). The van der Waals surface area contributed by atoms with Crippen LogP contribution >= 0.6 is 0 Å². The molecule has 1 aliphatic rings. The minimum absolute atomic E-state index is 0.236. The van der Waals surface area contributed by atoms with Crippen molar-refractivity contribution in [1.82, 2.24) is 0 Å². The van der Waals surface area contributed by atoms with Crippen molar-refractivity contribution in [3.63, 3.8) is 0 Å². The fourth-order valence-electron chi connectivity index (χ4n) is 2.08. The van der Waals surface area contributed by atoms with Crippen molar-refractivity contribution in [3.8, 4) is 0 Å². The van der Waals surface area contributed by atoms with Crippen LogP contribution in [0, 0.1) is 5.21 Å². The maximum absolute atomic E-state index is 11.9. The number of hydroxylamine groups is 1. The van der Waals surface area contributed by atoms with E-state index in [4.69, 9.17) is 0 Å². The molecule has 0 aliphatic heterocycles. The first-order valence-corrected chi connectivity index (χ1v) is 5.56. The SMILES string of the molecule is CC(C)=C/C(C)=[N+](\[O-])C1CCCCC1. The molecule has 0 unspecified atom stereocenters. The normalized spacial score (nSPS) is 20.2. The van der Waals surface area contributed by atoms with Gasteiger partial charge in [-0.1, -0.05) is 12.0 Å². The Bertz CT molecular complexity index is 243. The second-order valence-electron chi connectivity index (χ2n) is 4.48. The molecular formula is C12H21NO. The van der Waals surface area contributed by atoms with Crippen molar-refractivity contribution in [1.29, 1.82) is 0 Å². The molecule has 1 fully saturated rings. The second-order valence-corrected chi connectivity index (χ2v) is 4.48. The van der Waals surface area contributed by atoms with Gasteiger partial charge in [0.2, 0.25) is 0 Å². The molecule has 0 bridgehead atoms. The van der Waals surface area contributed by atoms with Crippen LogP contribution in [0.3, 0.4) is 0 Å². The molecule has 1 saturated carbocycles. The monoisotopic (exact) mass is 195 g/mol. The van der Waals surface area contributed by atoms with E-state index < -0.39 is 0 Å². The van der Waals surface area contributed by atoms with Gasteiger partial charge in [-0.05, 0) is 26.7 Å². The molecule has 0 spiro atoms. The predicted molar refractivity (Wildman–Crippen MR) is 60.6 cm³/mol. The number of hydrogen-bond acceptors (Lipinski definition) is 1. The lowest BCUT2D eigenvalue weighted by Gasteiger charge is -2.22. The van der Waals surface area contributed by atoms with Gasteiger partial charge in [0, 0.05) is 25.8 Å². The van der Waals surface area contributed by atoms with Crippen LogP contribution in [0.15, 0.2) is 11.6 Å². The summed E-state index contributed by atoms with van der Waals surface area (Å²) < 4.78 is 1.21. The molecule has 2 heteroatoms. The first kappa shape index (κ1) is 11.3. The highest BCUT2D eigenvalue weighted by Gasteiger charge is 2.20. The van der Waals surface area contributed by atoms with Crippen LogP contribution in [0.1, 0.15) is 52.9 Å². The predicted octanol–water partition coefficient (Wildman–Crippen LogP) is 3.26. The van der Waals surface area contributed by atoms with Gasteiger partial charge < -0.3 is 5.21 Å². The van der Waals surface area contributed by atoms with Gasteiger partial charge in [-0.2, -0.15) is 0 Å². The van der Waals surface area contributed by atoms with Gasteiger partial charge >= 0.3 is 0 Å². The third kappa shape index (κ3) is 3.17. The number of nitrogens with zero attached hydrogens (tertiary/aromatic N) is 1. The lowest BCUT2D eigenvalue weighted by molar-refractivity contribution is -0.505. The maximum atomic E-state index is 11.9. The van der Waals surface area contributed by atoms with E-state index in [1.54, 1.807) is 0 Å². The molecule has 0 atom stereocenters. The lowest BCUT2D eigenvalue weighted by Crippen LogP contribution is -2.27. The van der Waals surface area contributed by atoms with E-state index in [1.807, 2.05) is 26.8 Å². The molecular weight excluding hydrogens is 174 g/mol. The van der Waals surface area contributed by atoms with Crippen LogP contribution in [0.5, 0.6) is 0 Å². The first-order valence-electron chi connectivity index (χ1n) is 5.56. The van der Waals surface area contributed by atoms with Crippen molar-refractivity contribution in [3.05, 3.63) is 16.9 Å². The minimum Gasteiger partial charge on any atom is -0.623 e. The van der Waals surface area contributed by atoms with Crippen molar-refractivity contribution >= 4 is 5.71 Å². The summed E-state index contributed by atoms with van der Waals surface area (Å²) in [5.74, 6) is 0. The lowest BCUT2D eigenvalue weighted by atomic mass is 9.95. The topological polar surface area (TPSA) is 26.1 Å². The minimum atomic E-state index is 0.236. The van der Waals surface area contributed by atoms with E-state index in [0.717, 1.165) is 18.6 Å². The summed E-state index contributed by atoms with van der Waals surface area (Å²) in [5.41, 5.74) is 2.05. The van der Waals surface area contributed by atoms with Crippen molar-refractivity contribution in [2.45, 2.75) is 58.9 Å². The van der Waals surface area contributed by atoms with E-state index in [2.05, 4.69) is 0 Å². The molecule has 0 heterocycles. The summed E-state index contributed by atoms with van der Waals surface area (Å²) in [7, 11) is 0. The van der Waals surface area contributed by atoms with Crippen LogP contribution in [-0.2, 0) is 0 Å². The van der Waals surface area contributed by atoms with E-state index in [9.17, 15) is 5.21 Å². The average molecular weight is 195 g/mol. The highest BCUT2D eigenvalue weighted by molar-refractivity contribution is 5.89. The Morgan fingerprint density at radius 2 is 1.71 bits per heavy atom. The fraction of sp³-hybridized carbons (Fsp3) is 0.750. The fourth-order valence-corrected chi connectivity index (χ4v) is 2.08. The molecule has 2 nitrogen and oxygen atoms in total. The molecule has 14 heavy (non-hydrogen) atoms. The Morgan fingerprint density at radius 1 is 1.14 bits per heavy atom. The van der Waals surface area contributed by atoms with Crippen molar-refractivity contribution in [2.24, 2.45) is 0 Å². The van der Waals surface area contributed by atoms with Gasteiger partial charge in [-0.15, -0.1) is 0 Å². The highest BCUT2D eigenvalue weighted by atomic mass is 16.5. The molecule has 0 aromatic carbocycles. The van der Waals surface area contributed by atoms with Crippen LogP contribution in [0.4, 0.5) is 0 Å². The zero-order chi connectivity index (χ0) is 10.6. The summed E-state index contributed by atoms with van der Waals surface area (Å²) in [6.45, 7) is 5.96. The van der Waals surface area contributed by atoms with E-state index in [-0.39, 0.29) is 6.04 Å². The smallest absolute Gasteiger partial charge is 0.184 e. The van der Waals surface area contributed by atoms with Gasteiger partial charge in [0.1, 0.15) is 0 Å². The molecule has 0 saturated heterocycles. The summed E-state index contributed by atoms with van der Waals surface area (Å²) >= 11 is 0. The zero-order valence-electron chi connectivity index (χ0n) is 9.55. The maximum Gasteiger partial charge on any atom is 0.184 e. The molecule has 0 aromatic rings. The standard InChI is InChI=1S/C12H21NO/c1-10(2)9-11(3)13(14)12-7-5-4-6-8-12/h9,12H,4-8H2,1-3H3/b13-11-. The zero-order valence-corrected chi connectivity index (χ0v) is 9.55. The third-order valence-electron chi connectivity index (χ3n) is 2.75. The van der Waals surface area contributed by atoms with Crippen LogP contribution in [-0.4, -0.2) is 16.5 Å². The number of rotatable bonds is 2. The van der Waals surface area contributed by atoms with Gasteiger partial charge in [0.05, 0.1) is 0 Å². The Morgan fingerprint density at radius 3 is 2.21 bits per heavy atom. The summed E-state index contributed by atoms with van der Waals surface area (Å²) in [4.78, 5) is 0.